The average Bonchev–Trinajstić information content (AvgIpc) is 3.39. The van der Waals surface area contributed by atoms with Crippen LogP contribution < -0.4 is 5.73 Å². The number of aromatic nitrogens is 4. The maximum absolute atomic E-state index is 16.0. The highest BCUT2D eigenvalue weighted by Gasteiger charge is 2.72. The van der Waals surface area contributed by atoms with Gasteiger partial charge >= 0.3 is 45.5 Å². The Morgan fingerprint density at radius 3 is 2.19 bits per heavy atom. The first kappa shape index (κ1) is 43.9. The molecule has 1 aliphatic carbocycles. The van der Waals surface area contributed by atoms with Crippen molar-refractivity contribution in [2.75, 3.05) is 18.9 Å². The predicted octanol–water partition coefficient (Wildman–Crippen LogP) is -0.134. The minimum atomic E-state index is -5.95. The number of halogens is 1. The number of hydrogen-bond donors (Lipinski definition) is 4. The molecule has 3 aliphatic rings. The van der Waals surface area contributed by atoms with E-state index in [-0.39, 0.29) is 23.4 Å². The van der Waals surface area contributed by atoms with Gasteiger partial charge in [0.15, 0.2) is 42.1 Å². The van der Waals surface area contributed by atoms with Crippen LogP contribution in [0.3, 0.4) is 0 Å². The maximum atomic E-state index is 16.0. The Hall–Kier alpha value is -4.23. The van der Waals surface area contributed by atoms with Gasteiger partial charge in [-0.05, 0) is 6.42 Å². The van der Waals surface area contributed by atoms with Gasteiger partial charge in [0.1, 0.15) is 24.6 Å². The summed E-state index contributed by atoms with van der Waals surface area (Å²) in [6.45, 7) is 2.79. The summed E-state index contributed by atoms with van der Waals surface area (Å²) in [7, 11) is -11.6. The van der Waals surface area contributed by atoms with E-state index in [2.05, 4.69) is 19.3 Å². The molecule has 3 fully saturated rings. The van der Waals surface area contributed by atoms with Gasteiger partial charge in [-0.3, -0.25) is 37.6 Å². The smallest absolute Gasteiger partial charge is 0.462 e. The number of aliphatic hydroxyl groups excluding tert-OH is 1. The molecule has 4 heterocycles. The number of imidazole rings is 1. The van der Waals surface area contributed by atoms with Gasteiger partial charge in [0.25, 0.3) is 0 Å². The van der Waals surface area contributed by atoms with E-state index in [9.17, 15) is 48.0 Å². The van der Waals surface area contributed by atoms with Crippen molar-refractivity contribution in [1.29, 1.82) is 0 Å². The molecule has 8 unspecified atom stereocenters. The topological polar surface area (TPSA) is 342 Å². The SMILES string of the molecule is CC(=O)OC[C@@H](OC(C)=O)C1O[C@@H](OP(=O)(O)OP(=O)(O)OC[C@@H]2C3CC(O)[C@H](n4cnc5c(N)ncnc54)OC32F)C(OC(C)=O)C(OC(C)=O)[C@@H]1OC(C)=O. The van der Waals surface area contributed by atoms with Crippen LogP contribution in [0.15, 0.2) is 12.7 Å². The van der Waals surface area contributed by atoms with Gasteiger partial charge in [0.2, 0.25) is 12.1 Å². The fourth-order valence-corrected chi connectivity index (χ4v) is 8.58. The number of anilines is 1. The number of aliphatic hydroxyl groups is 1. The van der Waals surface area contributed by atoms with E-state index < -0.39 is 126 Å². The monoisotopic (exact) mass is 857 g/mol. The second-order valence-electron chi connectivity index (χ2n) is 12.9. The van der Waals surface area contributed by atoms with E-state index in [0.29, 0.717) is 0 Å². The van der Waals surface area contributed by atoms with Crippen LogP contribution in [0.5, 0.6) is 0 Å². The molecule has 13 atom stereocenters. The number of esters is 5. The Balaban J connectivity index is 1.33. The molecule has 2 aromatic heterocycles. The highest BCUT2D eigenvalue weighted by Crippen LogP contribution is 2.66. The molecule has 0 spiro atoms. The molecular weight excluding hydrogens is 819 g/mol. The zero-order valence-corrected chi connectivity index (χ0v) is 32.3. The van der Waals surface area contributed by atoms with Gasteiger partial charge in [-0.15, -0.1) is 0 Å². The lowest BCUT2D eigenvalue weighted by atomic mass is 9.94. The molecule has 5 N–H and O–H groups in total. The lowest BCUT2D eigenvalue weighted by Crippen LogP contribution is -2.65. The minimum absolute atomic E-state index is 0.0102. The molecule has 57 heavy (non-hydrogen) atoms. The first-order valence-corrected chi connectivity index (χ1v) is 19.7. The summed E-state index contributed by atoms with van der Waals surface area (Å²) >= 11 is 0. The lowest BCUT2D eigenvalue weighted by Gasteiger charge is -2.45. The summed E-state index contributed by atoms with van der Waals surface area (Å²) in [5.41, 5.74) is 6.06. The summed E-state index contributed by atoms with van der Waals surface area (Å²) in [6, 6.07) is 0. The number of phosphoric acid groups is 2. The van der Waals surface area contributed by atoms with Gasteiger partial charge in [0, 0.05) is 40.5 Å². The molecule has 2 saturated heterocycles. The standard InChI is InChI=1S/C29H38FN5O20P2/c1-11(36)46-8-19(48-12(2)37)21-22(49-13(3)38)23(50-14(4)39)24(51-15(5)40)28(52-21)54-57(44,45)55-56(42,43)47-7-17-16-6-18(41)27(53-29(16,17)30)35-10-34-20-25(31)32-9-33-26(20)35/h9-10,16-19,21-24,27-28,41H,6-8H2,1-5H3,(H,42,43)(H,44,45)(H2,31,32,33)/t16?,17-,18?,19-,21?,22-,23?,24?,27-,28+,29?/m1/s1. The Labute approximate surface area is 320 Å². The van der Waals surface area contributed by atoms with Crippen LogP contribution in [0.1, 0.15) is 47.3 Å². The lowest BCUT2D eigenvalue weighted by molar-refractivity contribution is -0.301. The largest absolute Gasteiger partial charge is 0.483 e. The van der Waals surface area contributed by atoms with E-state index in [1.165, 1.54) is 10.9 Å². The molecule has 0 amide bonds. The Bertz CT molecular complexity index is 1990. The fraction of sp³-hybridized carbons (Fsp3) is 0.655. The molecule has 1 saturated carbocycles. The number of nitrogens with two attached hydrogens (primary N) is 1. The van der Waals surface area contributed by atoms with Crippen LogP contribution >= 0.6 is 15.6 Å². The summed E-state index contributed by atoms with van der Waals surface area (Å²) in [6.07, 6.45) is -12.7. The fourth-order valence-electron chi connectivity index (χ4n) is 6.41. The molecular formula is C29H38FN5O20P2. The molecule has 25 nitrogen and oxygen atoms in total. The van der Waals surface area contributed by atoms with E-state index in [1.807, 2.05) is 0 Å². The first-order chi connectivity index (χ1) is 26.5. The zero-order chi connectivity index (χ0) is 42.2. The Morgan fingerprint density at radius 1 is 0.947 bits per heavy atom. The number of nitrogen functional groups attached to an aromatic ring is 1. The third kappa shape index (κ3) is 10.3. The van der Waals surface area contributed by atoms with Crippen LogP contribution in [-0.4, -0.2) is 126 Å². The molecule has 2 aromatic rings. The average molecular weight is 858 g/mol. The van der Waals surface area contributed by atoms with Gasteiger partial charge in [-0.2, -0.15) is 4.31 Å². The third-order valence-corrected chi connectivity index (χ3v) is 11.2. The summed E-state index contributed by atoms with van der Waals surface area (Å²) < 4.78 is 94.6. The van der Waals surface area contributed by atoms with E-state index >= 15 is 4.39 Å². The Kier molecular flexibility index (Phi) is 13.0. The van der Waals surface area contributed by atoms with Crippen LogP contribution in [0.25, 0.3) is 11.2 Å². The number of phosphoric ester groups is 2. The van der Waals surface area contributed by atoms with E-state index in [0.717, 1.165) is 40.9 Å². The van der Waals surface area contributed by atoms with Gasteiger partial charge in [0.05, 0.1) is 25.0 Å². The number of ether oxygens (including phenoxy) is 7. The number of carbonyl (C=O) groups is 5. The second kappa shape index (κ2) is 16.9. The van der Waals surface area contributed by atoms with Gasteiger partial charge in [-0.1, -0.05) is 0 Å². The van der Waals surface area contributed by atoms with Crippen molar-refractivity contribution in [2.24, 2.45) is 11.8 Å². The number of hydrogen-bond acceptors (Lipinski definition) is 22. The highest BCUT2D eigenvalue weighted by molar-refractivity contribution is 7.61. The number of alkyl halides is 1. The summed E-state index contributed by atoms with van der Waals surface area (Å²) in [4.78, 5) is 93.2. The molecule has 28 heteroatoms. The van der Waals surface area contributed by atoms with Crippen molar-refractivity contribution in [3.05, 3.63) is 12.7 Å². The first-order valence-electron chi connectivity index (χ1n) is 16.7. The van der Waals surface area contributed by atoms with Crippen molar-refractivity contribution in [3.8, 4) is 0 Å². The van der Waals surface area contributed by atoms with Crippen molar-refractivity contribution in [2.45, 2.75) is 96.0 Å². The number of fused-ring (bicyclic) bond motifs is 2. The third-order valence-electron chi connectivity index (χ3n) is 8.61. The maximum Gasteiger partial charge on any atom is 0.483 e. The highest BCUT2D eigenvalue weighted by atomic mass is 31.3. The quantitative estimate of drug-likeness (QED) is 0.103. The predicted molar refractivity (Wildman–Crippen MR) is 177 cm³/mol. The number of carbonyl (C=O) groups excluding carboxylic acids is 5. The van der Waals surface area contributed by atoms with Crippen molar-refractivity contribution >= 4 is 62.5 Å². The molecule has 2 aliphatic heterocycles. The van der Waals surface area contributed by atoms with Crippen LogP contribution in [0.4, 0.5) is 10.2 Å². The minimum Gasteiger partial charge on any atom is -0.462 e. The summed E-state index contributed by atoms with van der Waals surface area (Å²) in [5, 5.41) is 10.8. The molecule has 316 valence electrons. The van der Waals surface area contributed by atoms with Crippen LogP contribution in [0.2, 0.25) is 0 Å². The van der Waals surface area contributed by atoms with E-state index in [4.69, 9.17) is 47.9 Å². The molecule has 0 aromatic carbocycles. The normalized spacial score (nSPS) is 32.1. The van der Waals surface area contributed by atoms with Gasteiger partial charge in [-0.25, -0.2) is 28.5 Å². The van der Waals surface area contributed by atoms with Crippen LogP contribution in [-0.2, 0) is 79.6 Å². The van der Waals surface area contributed by atoms with E-state index in [1.54, 1.807) is 0 Å². The molecule has 5 rings (SSSR count). The molecule has 0 bridgehead atoms. The van der Waals surface area contributed by atoms with Crippen molar-refractivity contribution in [1.82, 2.24) is 19.5 Å². The van der Waals surface area contributed by atoms with Gasteiger partial charge < -0.3 is 53.8 Å². The van der Waals surface area contributed by atoms with Crippen molar-refractivity contribution in [3.63, 3.8) is 0 Å². The van der Waals surface area contributed by atoms with Crippen LogP contribution in [0, 0.1) is 11.8 Å². The van der Waals surface area contributed by atoms with Crippen molar-refractivity contribution < 1.29 is 98.9 Å². The molecule has 0 radical (unpaired) electrons. The summed E-state index contributed by atoms with van der Waals surface area (Å²) in [5.74, 6) is -10.1. The zero-order valence-electron chi connectivity index (χ0n) is 30.5. The number of nitrogens with zero attached hydrogens (tertiary/aromatic N) is 4. The Morgan fingerprint density at radius 2 is 1.58 bits per heavy atom. The second-order valence-corrected chi connectivity index (χ2v) is 15.9. The number of rotatable bonds is 15.